The van der Waals surface area contributed by atoms with Crippen molar-refractivity contribution >= 4 is 17.0 Å². The number of hydrogen-bond donors (Lipinski definition) is 1. The van der Waals surface area contributed by atoms with Crippen LogP contribution in [0.15, 0.2) is 30.3 Å². The summed E-state index contributed by atoms with van der Waals surface area (Å²) in [6.45, 7) is 6.25. The van der Waals surface area contributed by atoms with E-state index in [0.717, 1.165) is 24.6 Å². The second-order valence-corrected chi connectivity index (χ2v) is 5.54. The van der Waals surface area contributed by atoms with Gasteiger partial charge in [0.25, 0.3) is 0 Å². The van der Waals surface area contributed by atoms with Gasteiger partial charge in [-0.05, 0) is 36.6 Å². The van der Waals surface area contributed by atoms with Crippen LogP contribution in [-0.4, -0.2) is 6.54 Å². The summed E-state index contributed by atoms with van der Waals surface area (Å²) in [6, 6.07) is 10.8. The zero-order valence-electron chi connectivity index (χ0n) is 11.7. The van der Waals surface area contributed by atoms with E-state index in [1.807, 2.05) is 0 Å². The SMILES string of the molecule is Br.Cc1ccc2c(c1C)Oc1cccc3c1C2CNC3. The summed E-state index contributed by atoms with van der Waals surface area (Å²) < 4.78 is 6.21. The summed E-state index contributed by atoms with van der Waals surface area (Å²) in [7, 11) is 0. The molecule has 0 radical (unpaired) electrons. The molecular formula is C17H18BrNO. The number of ether oxygens (including phenoxy) is 1. The number of nitrogens with one attached hydrogen (secondary N) is 1. The van der Waals surface area contributed by atoms with Crippen LogP contribution in [0, 0.1) is 13.8 Å². The predicted molar refractivity (Wildman–Crippen MR) is 86.3 cm³/mol. The first kappa shape index (κ1) is 13.7. The molecule has 2 aliphatic heterocycles. The molecule has 2 nitrogen and oxygen atoms in total. The van der Waals surface area contributed by atoms with E-state index in [9.17, 15) is 0 Å². The number of aryl methyl sites for hydroxylation is 1. The molecule has 3 heteroatoms. The Morgan fingerprint density at radius 1 is 1.15 bits per heavy atom. The lowest BCUT2D eigenvalue weighted by Gasteiger charge is -2.34. The van der Waals surface area contributed by atoms with Crippen molar-refractivity contribution in [2.45, 2.75) is 26.3 Å². The molecule has 0 bridgehead atoms. The van der Waals surface area contributed by atoms with Crippen LogP contribution in [0.3, 0.4) is 0 Å². The van der Waals surface area contributed by atoms with Gasteiger partial charge in [-0.15, -0.1) is 17.0 Å². The lowest BCUT2D eigenvalue weighted by atomic mass is 9.81. The van der Waals surface area contributed by atoms with Gasteiger partial charge in [0.2, 0.25) is 0 Å². The van der Waals surface area contributed by atoms with Crippen molar-refractivity contribution in [2.75, 3.05) is 6.54 Å². The minimum absolute atomic E-state index is 0. The largest absolute Gasteiger partial charge is 0.456 e. The first-order chi connectivity index (χ1) is 9.25. The van der Waals surface area contributed by atoms with E-state index in [1.165, 1.54) is 27.8 Å². The molecule has 1 N–H and O–H groups in total. The number of halogens is 1. The molecule has 1 atom stereocenters. The minimum Gasteiger partial charge on any atom is -0.456 e. The van der Waals surface area contributed by atoms with Crippen LogP contribution in [0.2, 0.25) is 0 Å². The third-order valence-corrected chi connectivity index (χ3v) is 4.46. The van der Waals surface area contributed by atoms with Crippen molar-refractivity contribution in [3.8, 4) is 11.5 Å². The Morgan fingerprint density at radius 2 is 2.00 bits per heavy atom. The van der Waals surface area contributed by atoms with Gasteiger partial charge in [-0.2, -0.15) is 0 Å². The fourth-order valence-corrected chi connectivity index (χ4v) is 3.28. The number of rotatable bonds is 0. The maximum Gasteiger partial charge on any atom is 0.134 e. The van der Waals surface area contributed by atoms with Gasteiger partial charge < -0.3 is 10.1 Å². The van der Waals surface area contributed by atoms with Gasteiger partial charge in [0.1, 0.15) is 11.5 Å². The van der Waals surface area contributed by atoms with E-state index in [-0.39, 0.29) is 17.0 Å². The molecular weight excluding hydrogens is 314 g/mol. The summed E-state index contributed by atoms with van der Waals surface area (Å²) >= 11 is 0. The van der Waals surface area contributed by atoms with E-state index in [1.54, 1.807) is 0 Å². The number of hydrogen-bond acceptors (Lipinski definition) is 2. The average Bonchev–Trinajstić information content (AvgIpc) is 2.44. The molecule has 0 amide bonds. The molecule has 0 aliphatic carbocycles. The minimum atomic E-state index is 0. The molecule has 2 aliphatic rings. The third-order valence-electron chi connectivity index (χ3n) is 4.46. The number of fused-ring (bicyclic) bond motifs is 2. The fraction of sp³-hybridized carbons (Fsp3) is 0.294. The average molecular weight is 332 g/mol. The highest BCUT2D eigenvalue weighted by Gasteiger charge is 2.32. The Balaban J connectivity index is 0.00000121. The van der Waals surface area contributed by atoms with Gasteiger partial charge in [-0.1, -0.05) is 24.3 Å². The van der Waals surface area contributed by atoms with Crippen molar-refractivity contribution in [1.29, 1.82) is 0 Å². The molecule has 1 unspecified atom stereocenters. The van der Waals surface area contributed by atoms with Gasteiger partial charge in [0, 0.05) is 30.1 Å². The molecule has 2 aromatic carbocycles. The Bertz CT molecular complexity index is 681. The monoisotopic (exact) mass is 331 g/mol. The maximum absolute atomic E-state index is 6.21. The van der Waals surface area contributed by atoms with Crippen molar-refractivity contribution in [1.82, 2.24) is 5.32 Å². The Kier molecular flexibility index (Phi) is 3.35. The zero-order chi connectivity index (χ0) is 13.0. The Morgan fingerprint density at radius 3 is 2.85 bits per heavy atom. The number of benzene rings is 2. The van der Waals surface area contributed by atoms with Crippen molar-refractivity contribution in [3.05, 3.63) is 58.1 Å². The normalized spacial score (nSPS) is 18.4. The van der Waals surface area contributed by atoms with E-state index < -0.39 is 0 Å². The van der Waals surface area contributed by atoms with Crippen molar-refractivity contribution < 1.29 is 4.74 Å². The van der Waals surface area contributed by atoms with Crippen LogP contribution < -0.4 is 10.1 Å². The summed E-state index contributed by atoms with van der Waals surface area (Å²) in [5.74, 6) is 2.55. The first-order valence-corrected chi connectivity index (χ1v) is 6.86. The van der Waals surface area contributed by atoms with E-state index >= 15 is 0 Å². The van der Waals surface area contributed by atoms with Crippen LogP contribution in [0.1, 0.15) is 33.7 Å². The zero-order valence-corrected chi connectivity index (χ0v) is 13.4. The Hall–Kier alpha value is -1.32. The first-order valence-electron chi connectivity index (χ1n) is 6.86. The van der Waals surface area contributed by atoms with Gasteiger partial charge in [-0.3, -0.25) is 0 Å². The standard InChI is InChI=1S/C17H17NO.BrH/c1-10-6-7-13-14-9-18-8-12-4-3-5-15(16(12)14)19-17(13)11(10)2;/h3-7,14,18H,8-9H2,1-2H3;1H. The molecule has 20 heavy (non-hydrogen) atoms. The van der Waals surface area contributed by atoms with Crippen LogP contribution in [0.5, 0.6) is 11.5 Å². The molecule has 0 saturated carbocycles. The molecule has 4 rings (SSSR count). The smallest absolute Gasteiger partial charge is 0.134 e. The highest BCUT2D eigenvalue weighted by molar-refractivity contribution is 8.93. The van der Waals surface area contributed by atoms with Crippen LogP contribution in [0.4, 0.5) is 0 Å². The fourth-order valence-electron chi connectivity index (χ4n) is 3.28. The van der Waals surface area contributed by atoms with Crippen molar-refractivity contribution in [3.63, 3.8) is 0 Å². The second-order valence-electron chi connectivity index (χ2n) is 5.54. The third kappa shape index (κ3) is 1.80. The molecule has 2 aromatic rings. The predicted octanol–water partition coefficient (Wildman–Crippen LogP) is 4.22. The lowest BCUT2D eigenvalue weighted by molar-refractivity contribution is 0.425. The summed E-state index contributed by atoms with van der Waals surface area (Å²) in [6.07, 6.45) is 0. The van der Waals surface area contributed by atoms with Gasteiger partial charge >= 0.3 is 0 Å². The van der Waals surface area contributed by atoms with Crippen LogP contribution in [-0.2, 0) is 6.54 Å². The quantitative estimate of drug-likeness (QED) is 0.780. The van der Waals surface area contributed by atoms with Gasteiger partial charge in [0.05, 0.1) is 0 Å². The lowest BCUT2D eigenvalue weighted by Crippen LogP contribution is -2.31. The summed E-state index contributed by atoms with van der Waals surface area (Å²) in [5, 5.41) is 3.52. The Labute approximate surface area is 129 Å². The molecule has 0 fully saturated rings. The van der Waals surface area contributed by atoms with E-state index in [0.29, 0.717) is 5.92 Å². The molecule has 0 saturated heterocycles. The highest BCUT2D eigenvalue weighted by atomic mass is 79.9. The molecule has 0 spiro atoms. The molecule has 104 valence electrons. The maximum atomic E-state index is 6.21. The van der Waals surface area contributed by atoms with E-state index in [4.69, 9.17) is 4.74 Å². The van der Waals surface area contributed by atoms with Crippen molar-refractivity contribution in [2.24, 2.45) is 0 Å². The van der Waals surface area contributed by atoms with Gasteiger partial charge in [0.15, 0.2) is 0 Å². The summed E-state index contributed by atoms with van der Waals surface area (Å²) in [4.78, 5) is 0. The topological polar surface area (TPSA) is 21.3 Å². The summed E-state index contributed by atoms with van der Waals surface area (Å²) in [5.41, 5.74) is 6.64. The second kappa shape index (κ2) is 4.90. The molecule has 2 heterocycles. The highest BCUT2D eigenvalue weighted by Crippen LogP contribution is 2.48. The van der Waals surface area contributed by atoms with E-state index in [2.05, 4.69) is 49.5 Å². The van der Waals surface area contributed by atoms with Crippen LogP contribution in [0.25, 0.3) is 0 Å². The van der Waals surface area contributed by atoms with Crippen LogP contribution >= 0.6 is 17.0 Å². The van der Waals surface area contributed by atoms with Gasteiger partial charge in [-0.25, -0.2) is 0 Å². The molecule has 0 aromatic heterocycles.